The molecule has 0 fully saturated rings. The number of aliphatic hydroxyl groups excluding tert-OH is 1. The van der Waals surface area contributed by atoms with Gasteiger partial charge >= 0.3 is 11.9 Å². The van der Waals surface area contributed by atoms with Crippen LogP contribution in [-0.2, 0) is 19.1 Å². The summed E-state index contributed by atoms with van der Waals surface area (Å²) in [4.78, 5) is 22.9. The van der Waals surface area contributed by atoms with Crippen LogP contribution in [0, 0.1) is 0 Å². The fourth-order valence-electron chi connectivity index (χ4n) is 1.52. The van der Waals surface area contributed by atoms with Crippen LogP contribution in [0.3, 0.4) is 0 Å². The molecule has 0 saturated carbocycles. The molecule has 16 heavy (non-hydrogen) atoms. The molecule has 0 bridgehead atoms. The summed E-state index contributed by atoms with van der Waals surface area (Å²) in [5.74, 6) is -1.49. The lowest BCUT2D eigenvalue weighted by atomic mass is 10.1. The number of rotatable bonds is 2. The topological polar surface area (TPSA) is 72.8 Å². The van der Waals surface area contributed by atoms with Gasteiger partial charge in [0.2, 0.25) is 0 Å². The zero-order chi connectivity index (χ0) is 12.1. The average Bonchev–Trinajstić information content (AvgIpc) is 2.49. The zero-order valence-corrected chi connectivity index (χ0v) is 9.28. The standard InChI is InChI=1S/C11H14O5/c1-15-10(13)7-5-3-4-6-8(12)9(7)11(14)16-2/h5,12H,3-4,6H2,1-2H3. The first kappa shape index (κ1) is 12.3. The zero-order valence-electron chi connectivity index (χ0n) is 9.28. The van der Waals surface area contributed by atoms with Gasteiger partial charge in [0.15, 0.2) is 0 Å². The molecule has 1 rings (SSSR count). The van der Waals surface area contributed by atoms with Gasteiger partial charge in [0, 0.05) is 6.42 Å². The third kappa shape index (κ3) is 2.42. The fourth-order valence-corrected chi connectivity index (χ4v) is 1.52. The minimum absolute atomic E-state index is 0.0735. The van der Waals surface area contributed by atoms with Gasteiger partial charge in [-0.1, -0.05) is 6.08 Å². The Bertz CT molecular complexity index is 365. The minimum Gasteiger partial charge on any atom is -0.511 e. The molecule has 5 heteroatoms. The predicted molar refractivity (Wildman–Crippen MR) is 55.6 cm³/mol. The highest BCUT2D eigenvalue weighted by molar-refractivity contribution is 6.07. The number of aliphatic hydroxyl groups is 1. The number of carbonyl (C=O) groups excluding carboxylic acids is 2. The number of allylic oxidation sites excluding steroid dienone is 2. The fraction of sp³-hybridized carbons (Fsp3) is 0.455. The molecule has 1 aliphatic rings. The molecule has 0 heterocycles. The van der Waals surface area contributed by atoms with Crippen LogP contribution in [0.4, 0.5) is 0 Å². The van der Waals surface area contributed by atoms with E-state index in [2.05, 4.69) is 9.47 Å². The van der Waals surface area contributed by atoms with Gasteiger partial charge in [-0.15, -0.1) is 0 Å². The largest absolute Gasteiger partial charge is 0.511 e. The van der Waals surface area contributed by atoms with Gasteiger partial charge in [-0.2, -0.15) is 0 Å². The summed E-state index contributed by atoms with van der Waals surface area (Å²) in [6.07, 6.45) is 3.21. The lowest BCUT2D eigenvalue weighted by Gasteiger charge is -2.08. The van der Waals surface area contributed by atoms with Gasteiger partial charge in [0.1, 0.15) is 11.3 Å². The molecule has 0 amide bonds. The second-order valence-electron chi connectivity index (χ2n) is 3.31. The number of hydrogen-bond donors (Lipinski definition) is 1. The van der Waals surface area contributed by atoms with E-state index >= 15 is 0 Å². The molecule has 1 aliphatic carbocycles. The Labute approximate surface area is 93.3 Å². The Morgan fingerprint density at radius 2 is 1.88 bits per heavy atom. The molecule has 0 spiro atoms. The minimum atomic E-state index is -0.726. The summed E-state index contributed by atoms with van der Waals surface area (Å²) in [6.45, 7) is 0. The Morgan fingerprint density at radius 3 is 2.44 bits per heavy atom. The Balaban J connectivity index is 3.19. The molecular weight excluding hydrogens is 212 g/mol. The van der Waals surface area contributed by atoms with Crippen LogP contribution in [0.2, 0.25) is 0 Å². The van der Waals surface area contributed by atoms with Gasteiger partial charge in [-0.3, -0.25) is 0 Å². The Kier molecular flexibility index (Phi) is 4.10. The highest BCUT2D eigenvalue weighted by atomic mass is 16.5. The lowest BCUT2D eigenvalue weighted by molar-refractivity contribution is -0.139. The first-order chi connectivity index (χ1) is 7.61. The molecule has 0 aromatic carbocycles. The third-order valence-corrected chi connectivity index (χ3v) is 2.32. The van der Waals surface area contributed by atoms with Crippen LogP contribution < -0.4 is 0 Å². The van der Waals surface area contributed by atoms with Gasteiger partial charge < -0.3 is 14.6 Å². The van der Waals surface area contributed by atoms with Crippen molar-refractivity contribution in [1.29, 1.82) is 0 Å². The SMILES string of the molecule is COC(=O)C1=CCCCC(O)=C1C(=O)OC. The Hall–Kier alpha value is -1.78. The van der Waals surface area contributed by atoms with Crippen molar-refractivity contribution in [3.05, 3.63) is 23.0 Å². The molecule has 0 saturated heterocycles. The number of hydrogen-bond acceptors (Lipinski definition) is 5. The molecule has 88 valence electrons. The number of methoxy groups -OCH3 is 2. The van der Waals surface area contributed by atoms with E-state index < -0.39 is 11.9 Å². The quantitative estimate of drug-likeness (QED) is 0.717. The molecule has 0 unspecified atom stereocenters. The summed E-state index contributed by atoms with van der Waals surface area (Å²) >= 11 is 0. The van der Waals surface area contributed by atoms with E-state index in [0.29, 0.717) is 19.3 Å². The van der Waals surface area contributed by atoms with Crippen molar-refractivity contribution in [3.8, 4) is 0 Å². The second-order valence-corrected chi connectivity index (χ2v) is 3.31. The smallest absolute Gasteiger partial charge is 0.342 e. The third-order valence-electron chi connectivity index (χ3n) is 2.32. The van der Waals surface area contributed by atoms with Crippen molar-refractivity contribution in [1.82, 2.24) is 0 Å². The van der Waals surface area contributed by atoms with Gasteiger partial charge in [-0.25, -0.2) is 9.59 Å². The second kappa shape index (κ2) is 5.34. The van der Waals surface area contributed by atoms with Crippen molar-refractivity contribution in [2.75, 3.05) is 14.2 Å². The maximum atomic E-state index is 11.5. The lowest BCUT2D eigenvalue weighted by Crippen LogP contribution is -2.16. The number of esters is 2. The van der Waals surface area contributed by atoms with Crippen LogP contribution in [-0.4, -0.2) is 31.3 Å². The van der Waals surface area contributed by atoms with E-state index in [1.165, 1.54) is 14.2 Å². The average molecular weight is 226 g/mol. The number of carbonyl (C=O) groups is 2. The molecule has 0 radical (unpaired) electrons. The van der Waals surface area contributed by atoms with Crippen LogP contribution in [0.5, 0.6) is 0 Å². The van der Waals surface area contributed by atoms with E-state index in [9.17, 15) is 14.7 Å². The predicted octanol–water partition coefficient (Wildman–Crippen LogP) is 1.25. The highest BCUT2D eigenvalue weighted by Gasteiger charge is 2.27. The van der Waals surface area contributed by atoms with E-state index in [1.54, 1.807) is 6.08 Å². The Morgan fingerprint density at radius 1 is 1.25 bits per heavy atom. The summed E-state index contributed by atoms with van der Waals surface area (Å²) in [5, 5.41) is 9.70. The van der Waals surface area contributed by atoms with Crippen LogP contribution in [0.1, 0.15) is 19.3 Å². The highest BCUT2D eigenvalue weighted by Crippen LogP contribution is 2.24. The van der Waals surface area contributed by atoms with Crippen molar-refractivity contribution < 1.29 is 24.2 Å². The van der Waals surface area contributed by atoms with Crippen molar-refractivity contribution in [2.24, 2.45) is 0 Å². The van der Waals surface area contributed by atoms with E-state index in [1.807, 2.05) is 0 Å². The van der Waals surface area contributed by atoms with E-state index in [0.717, 1.165) is 0 Å². The molecule has 0 aromatic rings. The molecule has 5 nitrogen and oxygen atoms in total. The maximum absolute atomic E-state index is 11.5. The first-order valence-corrected chi connectivity index (χ1v) is 4.91. The monoisotopic (exact) mass is 226 g/mol. The van der Waals surface area contributed by atoms with E-state index in [-0.39, 0.29) is 16.9 Å². The summed E-state index contributed by atoms with van der Waals surface area (Å²) in [7, 11) is 2.42. The molecule has 0 aromatic heterocycles. The van der Waals surface area contributed by atoms with Gasteiger partial charge in [-0.05, 0) is 12.8 Å². The molecule has 0 aliphatic heterocycles. The van der Waals surface area contributed by atoms with Crippen LogP contribution >= 0.6 is 0 Å². The van der Waals surface area contributed by atoms with Crippen LogP contribution in [0.15, 0.2) is 23.0 Å². The normalized spacial score (nSPS) is 16.2. The maximum Gasteiger partial charge on any atom is 0.342 e. The van der Waals surface area contributed by atoms with E-state index in [4.69, 9.17) is 0 Å². The first-order valence-electron chi connectivity index (χ1n) is 4.91. The summed E-state index contributed by atoms with van der Waals surface area (Å²) in [6, 6.07) is 0. The van der Waals surface area contributed by atoms with Crippen LogP contribution in [0.25, 0.3) is 0 Å². The molecule has 0 atom stereocenters. The summed E-state index contributed by atoms with van der Waals surface area (Å²) in [5.41, 5.74) is -0.0174. The van der Waals surface area contributed by atoms with Crippen molar-refractivity contribution >= 4 is 11.9 Å². The summed E-state index contributed by atoms with van der Waals surface area (Å²) < 4.78 is 9.09. The number of ether oxygens (including phenoxy) is 2. The van der Waals surface area contributed by atoms with Crippen molar-refractivity contribution in [2.45, 2.75) is 19.3 Å². The van der Waals surface area contributed by atoms with Crippen molar-refractivity contribution in [3.63, 3.8) is 0 Å². The van der Waals surface area contributed by atoms with Gasteiger partial charge in [0.05, 0.1) is 19.8 Å². The molecular formula is C11H14O5. The molecule has 1 N–H and O–H groups in total. The van der Waals surface area contributed by atoms with Gasteiger partial charge in [0.25, 0.3) is 0 Å².